The van der Waals surface area contributed by atoms with Crippen LogP contribution in [0, 0.1) is 17.3 Å². The Morgan fingerprint density at radius 2 is 2.04 bits per heavy atom. The number of ether oxygens (including phenoxy) is 2. The van der Waals surface area contributed by atoms with Crippen LogP contribution in [0.25, 0.3) is 0 Å². The number of aliphatic hydroxyl groups is 2. The Bertz CT molecular complexity index is 448. The second-order valence-electron chi connectivity index (χ2n) is 8.31. The minimum Gasteiger partial charge on any atom is -0.435 e. The van der Waals surface area contributed by atoms with E-state index in [1.807, 2.05) is 6.92 Å². The highest BCUT2D eigenvalue weighted by molar-refractivity contribution is 5.66. The molecule has 0 aromatic heterocycles. The fourth-order valence-corrected chi connectivity index (χ4v) is 3.69. The van der Waals surface area contributed by atoms with Crippen LogP contribution in [-0.2, 0) is 14.3 Å². The molecule has 0 aromatic carbocycles. The molecule has 3 unspecified atom stereocenters. The minimum absolute atomic E-state index is 0.127. The van der Waals surface area contributed by atoms with Crippen LogP contribution < -0.4 is 0 Å². The number of hydrogen-bond donors (Lipinski definition) is 2. The zero-order valence-electron chi connectivity index (χ0n) is 17.1. The van der Waals surface area contributed by atoms with Crippen LogP contribution in [0.1, 0.15) is 73.1 Å². The van der Waals surface area contributed by atoms with Crippen LogP contribution in [0.5, 0.6) is 0 Å². The zero-order chi connectivity index (χ0) is 19.7. The summed E-state index contributed by atoms with van der Waals surface area (Å²) in [6.07, 6.45) is 7.11. The number of hydrogen-bond acceptors (Lipinski definition) is 5. The van der Waals surface area contributed by atoms with Gasteiger partial charge in [-0.25, -0.2) is 0 Å². The first kappa shape index (κ1) is 23.1. The van der Waals surface area contributed by atoms with E-state index in [0.717, 1.165) is 25.7 Å². The van der Waals surface area contributed by atoms with Crippen LogP contribution in [-0.4, -0.2) is 41.1 Å². The van der Waals surface area contributed by atoms with E-state index in [-0.39, 0.29) is 24.0 Å². The molecule has 5 atom stereocenters. The molecule has 0 aromatic rings. The van der Waals surface area contributed by atoms with E-state index in [0.29, 0.717) is 12.3 Å². The third-order valence-electron chi connectivity index (χ3n) is 5.88. The second kappa shape index (κ2) is 11.1. The van der Waals surface area contributed by atoms with Crippen LogP contribution in [0.4, 0.5) is 0 Å². The van der Waals surface area contributed by atoms with Crippen molar-refractivity contribution in [3.05, 3.63) is 12.3 Å². The number of rotatable bonds is 10. The molecule has 0 saturated heterocycles. The van der Waals surface area contributed by atoms with Gasteiger partial charge >= 0.3 is 5.97 Å². The summed E-state index contributed by atoms with van der Waals surface area (Å²) >= 11 is 0. The van der Waals surface area contributed by atoms with Gasteiger partial charge in [0, 0.05) is 12.8 Å². The minimum atomic E-state index is -0.958. The Kier molecular flexibility index (Phi) is 9.83. The molecule has 1 fully saturated rings. The smallest absolute Gasteiger partial charge is 0.307 e. The highest BCUT2D eigenvalue weighted by Gasteiger charge is 2.35. The first-order valence-corrected chi connectivity index (χ1v) is 10.0. The average Bonchev–Trinajstić information content (AvgIpc) is 2.58. The number of aliphatic hydroxyl groups excluding tert-OH is 2. The number of esters is 1. The molecular formula is C21H38O5. The van der Waals surface area contributed by atoms with Gasteiger partial charge in [0.15, 0.2) is 0 Å². The third kappa shape index (κ3) is 7.37. The van der Waals surface area contributed by atoms with Crippen molar-refractivity contribution in [3.8, 4) is 0 Å². The monoisotopic (exact) mass is 370 g/mol. The molecule has 0 spiro atoms. The maximum absolute atomic E-state index is 10.9. The molecule has 152 valence electrons. The molecular weight excluding hydrogens is 332 g/mol. The first-order valence-electron chi connectivity index (χ1n) is 10.0. The number of carbonyl (C=O) groups excluding carboxylic acids is 1. The van der Waals surface area contributed by atoms with E-state index >= 15 is 0 Å². The van der Waals surface area contributed by atoms with Crippen molar-refractivity contribution in [3.63, 3.8) is 0 Å². The average molecular weight is 371 g/mol. The van der Waals surface area contributed by atoms with E-state index in [1.54, 1.807) is 6.08 Å². The number of carbonyl (C=O) groups is 1. The maximum atomic E-state index is 10.9. The summed E-state index contributed by atoms with van der Waals surface area (Å²) in [7, 11) is 0. The Morgan fingerprint density at radius 3 is 2.62 bits per heavy atom. The molecule has 1 saturated carbocycles. The standard InChI is InChI=1S/C21H38O5/c1-6-8-17(10-12-25-16(4)22)20(24)19(23)14-26-18-9-7-11-21(5,13-18)15(2)3/h10,12,15,17-20,23-24H,6-9,11,13-14H2,1-5H3/t17?,18-,19?,20?,21+/m0/s1. The lowest BCUT2D eigenvalue weighted by atomic mass is 9.67. The van der Waals surface area contributed by atoms with Crippen LogP contribution in [0.3, 0.4) is 0 Å². The van der Waals surface area contributed by atoms with E-state index in [9.17, 15) is 15.0 Å². The predicted molar refractivity (Wildman–Crippen MR) is 102 cm³/mol. The zero-order valence-corrected chi connectivity index (χ0v) is 17.1. The summed E-state index contributed by atoms with van der Waals surface area (Å²) in [4.78, 5) is 10.9. The highest BCUT2D eigenvalue weighted by atomic mass is 16.5. The van der Waals surface area contributed by atoms with Gasteiger partial charge < -0.3 is 19.7 Å². The van der Waals surface area contributed by atoms with Gasteiger partial charge in [0.2, 0.25) is 0 Å². The van der Waals surface area contributed by atoms with Crippen molar-refractivity contribution in [1.82, 2.24) is 0 Å². The summed E-state index contributed by atoms with van der Waals surface area (Å²) < 4.78 is 10.8. The van der Waals surface area contributed by atoms with Crippen molar-refractivity contribution in [2.45, 2.75) is 91.5 Å². The summed E-state index contributed by atoms with van der Waals surface area (Å²) in [6, 6.07) is 0. The summed E-state index contributed by atoms with van der Waals surface area (Å²) in [6.45, 7) is 10.3. The Labute approximate surface area is 158 Å². The van der Waals surface area contributed by atoms with Crippen molar-refractivity contribution in [1.29, 1.82) is 0 Å². The van der Waals surface area contributed by atoms with Gasteiger partial charge in [-0.15, -0.1) is 0 Å². The van der Waals surface area contributed by atoms with Crippen LogP contribution >= 0.6 is 0 Å². The lowest BCUT2D eigenvalue weighted by molar-refractivity contribution is -0.135. The summed E-state index contributed by atoms with van der Waals surface area (Å²) in [5.41, 5.74) is 0.282. The molecule has 1 aliphatic rings. The van der Waals surface area contributed by atoms with E-state index in [1.165, 1.54) is 19.6 Å². The van der Waals surface area contributed by atoms with Gasteiger partial charge in [0.1, 0.15) is 6.10 Å². The molecule has 2 N–H and O–H groups in total. The van der Waals surface area contributed by atoms with Gasteiger partial charge in [0.05, 0.1) is 25.1 Å². The van der Waals surface area contributed by atoms with Gasteiger partial charge in [-0.1, -0.05) is 40.5 Å². The maximum Gasteiger partial charge on any atom is 0.307 e. The quantitative estimate of drug-likeness (QED) is 0.451. The normalized spacial score (nSPS) is 27.5. The van der Waals surface area contributed by atoms with Gasteiger partial charge in [-0.05, 0) is 43.1 Å². The van der Waals surface area contributed by atoms with Crippen molar-refractivity contribution >= 4 is 5.97 Å². The topological polar surface area (TPSA) is 76.0 Å². The highest BCUT2D eigenvalue weighted by Crippen LogP contribution is 2.42. The molecule has 0 radical (unpaired) electrons. The lowest BCUT2D eigenvalue weighted by Gasteiger charge is -2.41. The van der Waals surface area contributed by atoms with Crippen LogP contribution in [0.15, 0.2) is 12.3 Å². The van der Waals surface area contributed by atoms with Crippen molar-refractivity contribution < 1.29 is 24.5 Å². The molecule has 0 aliphatic heterocycles. The Hall–Kier alpha value is -0.910. The lowest BCUT2D eigenvalue weighted by Crippen LogP contribution is -2.39. The molecule has 1 rings (SSSR count). The Balaban J connectivity index is 2.54. The molecule has 0 bridgehead atoms. The third-order valence-corrected chi connectivity index (χ3v) is 5.88. The predicted octanol–water partition coefficient (Wildman–Crippen LogP) is 3.82. The van der Waals surface area contributed by atoms with Crippen molar-refractivity contribution in [2.75, 3.05) is 6.61 Å². The van der Waals surface area contributed by atoms with Gasteiger partial charge in [-0.3, -0.25) is 4.79 Å². The summed E-state index contributed by atoms with van der Waals surface area (Å²) in [5.74, 6) is -0.0737. The molecule has 5 heteroatoms. The molecule has 0 heterocycles. The molecule has 26 heavy (non-hydrogen) atoms. The molecule has 5 nitrogen and oxygen atoms in total. The fraction of sp³-hybridized carbons (Fsp3) is 0.857. The van der Waals surface area contributed by atoms with E-state index in [2.05, 4.69) is 20.8 Å². The van der Waals surface area contributed by atoms with Crippen molar-refractivity contribution in [2.24, 2.45) is 17.3 Å². The van der Waals surface area contributed by atoms with Crippen LogP contribution in [0.2, 0.25) is 0 Å². The Morgan fingerprint density at radius 1 is 1.35 bits per heavy atom. The van der Waals surface area contributed by atoms with Gasteiger partial charge in [-0.2, -0.15) is 0 Å². The fourth-order valence-electron chi connectivity index (χ4n) is 3.69. The second-order valence-corrected chi connectivity index (χ2v) is 8.31. The van der Waals surface area contributed by atoms with Gasteiger partial charge in [0.25, 0.3) is 0 Å². The first-order chi connectivity index (χ1) is 12.2. The molecule has 1 aliphatic carbocycles. The molecule has 0 amide bonds. The summed E-state index contributed by atoms with van der Waals surface area (Å²) in [5, 5.41) is 20.8. The van der Waals surface area contributed by atoms with E-state index in [4.69, 9.17) is 9.47 Å². The van der Waals surface area contributed by atoms with E-state index < -0.39 is 18.2 Å². The largest absolute Gasteiger partial charge is 0.435 e. The SMILES string of the molecule is CCCC(C=COC(C)=O)C(O)C(O)CO[C@H]1CCC[C@@](C)(C(C)C)C1.